The average molecular weight is 275 g/mol. The highest BCUT2D eigenvalue weighted by Gasteiger charge is 2.16. The van der Waals surface area contributed by atoms with Gasteiger partial charge in [-0.25, -0.2) is 0 Å². The van der Waals surface area contributed by atoms with Crippen LogP contribution < -0.4 is 0 Å². The Morgan fingerprint density at radius 2 is 1.89 bits per heavy atom. The maximum absolute atomic E-state index is 6.10. The smallest absolute Gasteiger partial charge is 0.270 e. The molecule has 2 aromatic heterocycles. The molecule has 0 spiro atoms. The summed E-state index contributed by atoms with van der Waals surface area (Å²) in [5.41, 5.74) is 1.38. The van der Waals surface area contributed by atoms with Crippen LogP contribution in [0, 0.1) is 0 Å². The third-order valence-corrected chi connectivity index (χ3v) is 2.97. The molecule has 3 rings (SSSR count). The summed E-state index contributed by atoms with van der Waals surface area (Å²) in [6.45, 7) is 2.72. The van der Waals surface area contributed by atoms with E-state index in [9.17, 15) is 0 Å². The van der Waals surface area contributed by atoms with E-state index in [2.05, 4.69) is 15.3 Å². The van der Waals surface area contributed by atoms with Crippen molar-refractivity contribution >= 4 is 11.6 Å². The Kier molecular flexibility index (Phi) is 3.05. The molecule has 0 radical (unpaired) electrons. The van der Waals surface area contributed by atoms with Crippen LogP contribution in [0.4, 0.5) is 0 Å². The first-order valence-corrected chi connectivity index (χ1v) is 6.28. The van der Waals surface area contributed by atoms with Crippen molar-refractivity contribution in [2.24, 2.45) is 0 Å². The van der Waals surface area contributed by atoms with E-state index in [1.165, 1.54) is 0 Å². The highest BCUT2D eigenvalue weighted by atomic mass is 35.5. The molecule has 3 aromatic rings. The minimum absolute atomic E-state index is 0.330. The Morgan fingerprint density at radius 3 is 2.58 bits per heavy atom. The number of benzene rings is 1. The summed E-state index contributed by atoms with van der Waals surface area (Å²) in [5, 5.41) is 12.8. The summed E-state index contributed by atoms with van der Waals surface area (Å²) >= 11 is 6.10. The normalized spacial score (nSPS) is 10.8. The lowest BCUT2D eigenvalue weighted by molar-refractivity contribution is 0.577. The van der Waals surface area contributed by atoms with Gasteiger partial charge in [0, 0.05) is 18.3 Å². The number of rotatable bonds is 3. The maximum Gasteiger partial charge on any atom is 0.270 e. The summed E-state index contributed by atoms with van der Waals surface area (Å²) in [6, 6.07) is 9.57. The molecule has 1 aromatic carbocycles. The first kappa shape index (κ1) is 11.9. The average Bonchev–Trinajstić information content (AvgIpc) is 3.06. The second-order valence-corrected chi connectivity index (χ2v) is 4.37. The lowest BCUT2D eigenvalue weighted by Crippen LogP contribution is -1.93. The van der Waals surface area contributed by atoms with E-state index in [-0.39, 0.29) is 0 Å². The number of halogens is 1. The van der Waals surface area contributed by atoms with E-state index in [4.69, 9.17) is 16.0 Å². The van der Waals surface area contributed by atoms with Crippen molar-refractivity contribution in [2.45, 2.75) is 13.5 Å². The standard InChI is InChI=1S/C13H11ClN4O/c1-2-18-8-10(14)11(17-18)13-16-15-12(19-13)9-6-4-3-5-7-9/h3-8H,2H2,1H3. The molecule has 19 heavy (non-hydrogen) atoms. The van der Waals surface area contributed by atoms with E-state index >= 15 is 0 Å². The zero-order valence-corrected chi connectivity index (χ0v) is 11.0. The van der Waals surface area contributed by atoms with Crippen molar-refractivity contribution in [1.29, 1.82) is 0 Å². The minimum atomic E-state index is 0.330. The van der Waals surface area contributed by atoms with Crippen LogP contribution in [0.25, 0.3) is 23.0 Å². The first-order chi connectivity index (χ1) is 9.28. The van der Waals surface area contributed by atoms with Gasteiger partial charge in [0.15, 0.2) is 5.69 Å². The number of nitrogens with zero attached hydrogens (tertiary/aromatic N) is 4. The molecular formula is C13H11ClN4O. The second kappa shape index (κ2) is 4.85. The highest BCUT2D eigenvalue weighted by Crippen LogP contribution is 2.27. The van der Waals surface area contributed by atoms with Crippen molar-refractivity contribution in [1.82, 2.24) is 20.0 Å². The van der Waals surface area contributed by atoms with Crippen molar-refractivity contribution in [3.05, 3.63) is 41.6 Å². The lowest BCUT2D eigenvalue weighted by atomic mass is 10.2. The predicted molar refractivity (Wildman–Crippen MR) is 71.6 cm³/mol. The van der Waals surface area contributed by atoms with Crippen molar-refractivity contribution < 1.29 is 4.42 Å². The van der Waals surface area contributed by atoms with Crippen LogP contribution >= 0.6 is 11.6 Å². The topological polar surface area (TPSA) is 56.7 Å². The van der Waals surface area contributed by atoms with E-state index in [0.29, 0.717) is 22.5 Å². The molecule has 0 unspecified atom stereocenters. The maximum atomic E-state index is 6.10. The lowest BCUT2D eigenvalue weighted by Gasteiger charge is -1.92. The third-order valence-electron chi connectivity index (χ3n) is 2.69. The van der Waals surface area contributed by atoms with Crippen LogP contribution in [0.15, 0.2) is 40.9 Å². The largest absolute Gasteiger partial charge is 0.414 e. The van der Waals surface area contributed by atoms with Gasteiger partial charge in [-0.2, -0.15) is 5.10 Å². The summed E-state index contributed by atoms with van der Waals surface area (Å²) in [4.78, 5) is 0. The second-order valence-electron chi connectivity index (χ2n) is 3.96. The summed E-state index contributed by atoms with van der Waals surface area (Å²) in [6.07, 6.45) is 1.74. The molecule has 0 amide bonds. The van der Waals surface area contributed by atoms with E-state index < -0.39 is 0 Å². The Morgan fingerprint density at radius 1 is 1.16 bits per heavy atom. The van der Waals surface area contributed by atoms with Gasteiger partial charge in [-0.1, -0.05) is 29.8 Å². The first-order valence-electron chi connectivity index (χ1n) is 5.90. The molecule has 0 saturated carbocycles. The Labute approximate surface area is 114 Å². The molecular weight excluding hydrogens is 264 g/mol. The molecule has 0 aliphatic heterocycles. The number of hydrogen-bond acceptors (Lipinski definition) is 4. The fraction of sp³-hybridized carbons (Fsp3) is 0.154. The summed E-state index contributed by atoms with van der Waals surface area (Å²) in [7, 11) is 0. The van der Waals surface area contributed by atoms with E-state index in [0.717, 1.165) is 12.1 Å². The molecule has 0 bridgehead atoms. The van der Waals surface area contributed by atoms with Gasteiger partial charge < -0.3 is 4.42 Å². The van der Waals surface area contributed by atoms with E-state index in [1.54, 1.807) is 10.9 Å². The van der Waals surface area contributed by atoms with Crippen LogP contribution in [0.2, 0.25) is 5.02 Å². The van der Waals surface area contributed by atoms with Crippen LogP contribution in [-0.2, 0) is 6.54 Å². The fourth-order valence-corrected chi connectivity index (χ4v) is 1.95. The fourth-order valence-electron chi connectivity index (χ4n) is 1.72. The molecule has 5 nitrogen and oxygen atoms in total. The van der Waals surface area contributed by atoms with Gasteiger partial charge in [0.1, 0.15) is 0 Å². The quantitative estimate of drug-likeness (QED) is 0.735. The van der Waals surface area contributed by atoms with E-state index in [1.807, 2.05) is 37.3 Å². The van der Waals surface area contributed by atoms with Crippen LogP contribution in [0.1, 0.15) is 6.92 Å². The van der Waals surface area contributed by atoms with Gasteiger partial charge in [0.2, 0.25) is 5.89 Å². The van der Waals surface area contributed by atoms with Gasteiger partial charge in [-0.15, -0.1) is 10.2 Å². The monoisotopic (exact) mass is 274 g/mol. The van der Waals surface area contributed by atoms with Gasteiger partial charge in [0.05, 0.1) is 5.02 Å². The third kappa shape index (κ3) is 2.24. The molecule has 0 aliphatic rings. The zero-order chi connectivity index (χ0) is 13.2. The van der Waals surface area contributed by atoms with Crippen molar-refractivity contribution in [2.75, 3.05) is 0 Å². The van der Waals surface area contributed by atoms with Gasteiger partial charge in [-0.05, 0) is 19.1 Å². The minimum Gasteiger partial charge on any atom is -0.414 e. The Hall–Kier alpha value is -2.14. The molecule has 0 atom stereocenters. The highest BCUT2D eigenvalue weighted by molar-refractivity contribution is 6.32. The van der Waals surface area contributed by atoms with Crippen LogP contribution in [0.3, 0.4) is 0 Å². The molecule has 0 fully saturated rings. The molecule has 6 heteroatoms. The Balaban J connectivity index is 1.99. The molecule has 96 valence electrons. The molecule has 0 N–H and O–H groups in total. The van der Waals surface area contributed by atoms with Crippen LogP contribution in [-0.4, -0.2) is 20.0 Å². The summed E-state index contributed by atoms with van der Waals surface area (Å²) in [5.74, 6) is 0.786. The molecule has 0 saturated heterocycles. The number of hydrogen-bond donors (Lipinski definition) is 0. The van der Waals surface area contributed by atoms with Gasteiger partial charge in [-0.3, -0.25) is 4.68 Å². The van der Waals surface area contributed by atoms with Crippen LogP contribution in [0.5, 0.6) is 0 Å². The predicted octanol–water partition coefficient (Wildman–Crippen LogP) is 3.27. The number of aromatic nitrogens is 4. The molecule has 2 heterocycles. The van der Waals surface area contributed by atoms with Crippen molar-refractivity contribution in [3.8, 4) is 23.0 Å². The molecule has 0 aliphatic carbocycles. The van der Waals surface area contributed by atoms with Gasteiger partial charge >= 0.3 is 0 Å². The number of aryl methyl sites for hydroxylation is 1. The SMILES string of the molecule is CCn1cc(Cl)c(-c2nnc(-c3ccccc3)o2)n1. The Bertz CT molecular complexity index is 690. The van der Waals surface area contributed by atoms with Gasteiger partial charge in [0.25, 0.3) is 5.89 Å². The van der Waals surface area contributed by atoms with Crippen molar-refractivity contribution in [3.63, 3.8) is 0 Å². The zero-order valence-electron chi connectivity index (χ0n) is 10.2. The summed E-state index contributed by atoms with van der Waals surface area (Å²) < 4.78 is 7.34.